The van der Waals surface area contributed by atoms with Crippen LogP contribution in [0.15, 0.2) is 4.99 Å². The number of isocyanates is 1. The summed E-state index contributed by atoms with van der Waals surface area (Å²) in [5, 5.41) is 0. The number of nitrogens with zero attached hydrogens (tertiary/aromatic N) is 1. The van der Waals surface area contributed by atoms with Crippen LogP contribution in [0.25, 0.3) is 0 Å². The van der Waals surface area contributed by atoms with E-state index in [1.165, 1.54) is 0 Å². The standard InChI is InChI=1S/C8H12BrNO/c1-6-2-3-7(10-5-11)4-8(6)9/h6-8H,2-4H2,1H3. The second-order valence-corrected chi connectivity index (χ2v) is 4.36. The maximum absolute atomic E-state index is 9.95. The third kappa shape index (κ3) is 2.42. The molecule has 0 N–H and O–H groups in total. The van der Waals surface area contributed by atoms with Gasteiger partial charge in [-0.15, -0.1) is 0 Å². The van der Waals surface area contributed by atoms with Gasteiger partial charge >= 0.3 is 0 Å². The largest absolute Gasteiger partial charge is 0.235 e. The minimum absolute atomic E-state index is 0.216. The topological polar surface area (TPSA) is 29.4 Å². The van der Waals surface area contributed by atoms with E-state index in [-0.39, 0.29) is 6.04 Å². The number of halogens is 1. The van der Waals surface area contributed by atoms with Crippen molar-refractivity contribution in [3.8, 4) is 0 Å². The second-order valence-electron chi connectivity index (χ2n) is 3.18. The van der Waals surface area contributed by atoms with Gasteiger partial charge in [0.25, 0.3) is 0 Å². The smallest absolute Gasteiger partial charge is 0.211 e. The summed E-state index contributed by atoms with van der Waals surface area (Å²) in [5.74, 6) is 0.716. The Morgan fingerprint density at radius 2 is 2.27 bits per heavy atom. The minimum Gasteiger partial charge on any atom is -0.211 e. The van der Waals surface area contributed by atoms with Gasteiger partial charge in [0, 0.05) is 4.83 Å². The first-order chi connectivity index (χ1) is 5.24. The van der Waals surface area contributed by atoms with Gasteiger partial charge in [-0.1, -0.05) is 22.9 Å². The summed E-state index contributed by atoms with van der Waals surface area (Å²) in [5.41, 5.74) is 0. The molecule has 1 aliphatic rings. The van der Waals surface area contributed by atoms with Gasteiger partial charge in [-0.05, 0) is 25.2 Å². The fourth-order valence-corrected chi connectivity index (χ4v) is 2.13. The first-order valence-corrected chi connectivity index (χ1v) is 4.86. The Hall–Kier alpha value is -0.140. The molecule has 11 heavy (non-hydrogen) atoms. The Balaban J connectivity index is 2.45. The van der Waals surface area contributed by atoms with Crippen molar-refractivity contribution in [2.75, 3.05) is 0 Å². The van der Waals surface area contributed by atoms with Crippen molar-refractivity contribution in [3.63, 3.8) is 0 Å². The van der Waals surface area contributed by atoms with Gasteiger partial charge < -0.3 is 0 Å². The fourth-order valence-electron chi connectivity index (χ4n) is 1.44. The molecule has 3 heteroatoms. The summed E-state index contributed by atoms with van der Waals surface area (Å²) < 4.78 is 0. The van der Waals surface area contributed by atoms with Gasteiger partial charge in [0.05, 0.1) is 6.04 Å². The van der Waals surface area contributed by atoms with Crippen LogP contribution in [0.1, 0.15) is 26.2 Å². The van der Waals surface area contributed by atoms with Crippen LogP contribution >= 0.6 is 15.9 Å². The summed E-state index contributed by atoms with van der Waals surface area (Å²) in [6, 6.07) is 0.216. The van der Waals surface area contributed by atoms with E-state index in [9.17, 15) is 4.79 Å². The zero-order valence-corrected chi connectivity index (χ0v) is 8.17. The first-order valence-electron chi connectivity index (χ1n) is 3.95. The highest BCUT2D eigenvalue weighted by atomic mass is 79.9. The molecule has 0 aromatic carbocycles. The lowest BCUT2D eigenvalue weighted by atomic mass is 9.88. The van der Waals surface area contributed by atoms with Gasteiger partial charge in [0.1, 0.15) is 0 Å². The van der Waals surface area contributed by atoms with Crippen molar-refractivity contribution < 1.29 is 4.79 Å². The lowest BCUT2D eigenvalue weighted by Crippen LogP contribution is -2.25. The molecule has 1 saturated carbocycles. The van der Waals surface area contributed by atoms with Crippen LogP contribution in [-0.2, 0) is 4.79 Å². The highest BCUT2D eigenvalue weighted by molar-refractivity contribution is 9.09. The maximum atomic E-state index is 9.95. The number of alkyl halides is 1. The Bertz CT molecular complexity index is 177. The van der Waals surface area contributed by atoms with E-state index in [4.69, 9.17) is 0 Å². The van der Waals surface area contributed by atoms with Gasteiger partial charge in [0.15, 0.2) is 0 Å². The average molecular weight is 218 g/mol. The number of hydrogen-bond donors (Lipinski definition) is 0. The normalized spacial score (nSPS) is 37.8. The van der Waals surface area contributed by atoms with Crippen molar-refractivity contribution in [2.24, 2.45) is 10.9 Å². The van der Waals surface area contributed by atoms with Crippen LogP contribution < -0.4 is 0 Å². The quantitative estimate of drug-likeness (QED) is 0.377. The van der Waals surface area contributed by atoms with Crippen LogP contribution in [0.5, 0.6) is 0 Å². The zero-order valence-electron chi connectivity index (χ0n) is 6.59. The summed E-state index contributed by atoms with van der Waals surface area (Å²) in [4.78, 5) is 14.2. The highest BCUT2D eigenvalue weighted by Gasteiger charge is 2.25. The Labute approximate surface area is 75.2 Å². The molecule has 0 amide bonds. The summed E-state index contributed by atoms with van der Waals surface area (Å²) in [6.45, 7) is 2.22. The number of carbonyl (C=O) groups excluding carboxylic acids is 1. The first kappa shape index (κ1) is 8.95. The van der Waals surface area contributed by atoms with Crippen LogP contribution in [0.2, 0.25) is 0 Å². The second kappa shape index (κ2) is 4.03. The van der Waals surface area contributed by atoms with Crippen molar-refractivity contribution in [1.82, 2.24) is 0 Å². The molecule has 3 atom stereocenters. The molecule has 0 saturated heterocycles. The molecular formula is C8H12BrNO. The van der Waals surface area contributed by atoms with Crippen LogP contribution in [0, 0.1) is 5.92 Å². The molecule has 2 nitrogen and oxygen atoms in total. The molecule has 0 aromatic heterocycles. The third-order valence-electron chi connectivity index (χ3n) is 2.31. The SMILES string of the molecule is CC1CCC(N=C=O)CC1Br. The molecule has 0 aliphatic heterocycles. The van der Waals surface area contributed by atoms with Crippen molar-refractivity contribution >= 4 is 22.0 Å². The van der Waals surface area contributed by atoms with Gasteiger partial charge in [-0.25, -0.2) is 9.79 Å². The van der Waals surface area contributed by atoms with E-state index in [0.29, 0.717) is 10.7 Å². The van der Waals surface area contributed by atoms with Crippen LogP contribution in [0.3, 0.4) is 0 Å². The molecule has 0 radical (unpaired) electrons. The van der Waals surface area contributed by atoms with Crippen LogP contribution in [-0.4, -0.2) is 16.9 Å². The lowest BCUT2D eigenvalue weighted by Gasteiger charge is -2.27. The monoisotopic (exact) mass is 217 g/mol. The van der Waals surface area contributed by atoms with E-state index in [1.54, 1.807) is 6.08 Å². The maximum Gasteiger partial charge on any atom is 0.235 e. The molecule has 0 heterocycles. The fraction of sp³-hybridized carbons (Fsp3) is 0.875. The molecular weight excluding hydrogens is 206 g/mol. The average Bonchev–Trinajstić information content (AvgIpc) is 1.98. The van der Waals surface area contributed by atoms with E-state index >= 15 is 0 Å². The van der Waals surface area contributed by atoms with Crippen molar-refractivity contribution in [1.29, 1.82) is 0 Å². The van der Waals surface area contributed by atoms with E-state index in [2.05, 4.69) is 27.8 Å². The van der Waals surface area contributed by atoms with E-state index in [0.717, 1.165) is 19.3 Å². The van der Waals surface area contributed by atoms with Gasteiger partial charge in [0.2, 0.25) is 6.08 Å². The summed E-state index contributed by atoms with van der Waals surface area (Å²) >= 11 is 3.57. The van der Waals surface area contributed by atoms with Crippen molar-refractivity contribution in [2.45, 2.75) is 37.1 Å². The lowest BCUT2D eigenvalue weighted by molar-refractivity contribution is 0.364. The molecule has 1 fully saturated rings. The molecule has 62 valence electrons. The molecule has 0 spiro atoms. The predicted octanol–water partition coefficient (Wildman–Crippen LogP) is 2.27. The predicted molar refractivity (Wildman–Crippen MR) is 47.6 cm³/mol. The summed E-state index contributed by atoms with van der Waals surface area (Å²) in [6.07, 6.45) is 4.81. The number of hydrogen-bond acceptors (Lipinski definition) is 2. The van der Waals surface area contributed by atoms with Crippen LogP contribution in [0.4, 0.5) is 0 Å². The van der Waals surface area contributed by atoms with E-state index in [1.807, 2.05) is 0 Å². The van der Waals surface area contributed by atoms with Gasteiger partial charge in [-0.2, -0.15) is 0 Å². The number of aliphatic imine (C=N–C) groups is 1. The van der Waals surface area contributed by atoms with Gasteiger partial charge in [-0.3, -0.25) is 0 Å². The summed E-state index contributed by atoms with van der Waals surface area (Å²) in [7, 11) is 0. The highest BCUT2D eigenvalue weighted by Crippen LogP contribution is 2.30. The Morgan fingerprint density at radius 1 is 1.55 bits per heavy atom. The zero-order chi connectivity index (χ0) is 8.27. The molecule has 3 unspecified atom stereocenters. The molecule has 1 rings (SSSR count). The molecule has 0 aromatic rings. The molecule has 1 aliphatic carbocycles. The Kier molecular flexibility index (Phi) is 3.28. The van der Waals surface area contributed by atoms with Crippen molar-refractivity contribution in [3.05, 3.63) is 0 Å². The number of rotatable bonds is 1. The third-order valence-corrected chi connectivity index (χ3v) is 3.58. The minimum atomic E-state index is 0.216. The Morgan fingerprint density at radius 3 is 2.82 bits per heavy atom. The molecule has 0 bridgehead atoms. The van der Waals surface area contributed by atoms with E-state index < -0.39 is 0 Å².